The number of aliphatic hydroxyl groups excluding tert-OH is 1. The minimum Gasteiger partial charge on any atom is -0.507 e. The van der Waals surface area contributed by atoms with Crippen molar-refractivity contribution in [3.05, 3.63) is 83.5 Å². The van der Waals surface area contributed by atoms with Crippen LogP contribution in [0.3, 0.4) is 0 Å². The summed E-state index contributed by atoms with van der Waals surface area (Å²) >= 11 is 0. The Bertz CT molecular complexity index is 1070. The number of carboxylic acid groups (broad SMARTS) is 1. The molecular weight excluding hydrogens is 538 g/mol. The van der Waals surface area contributed by atoms with Crippen LogP contribution in [0.15, 0.2) is 66.8 Å². The van der Waals surface area contributed by atoms with Gasteiger partial charge in [-0.3, -0.25) is 4.79 Å². The van der Waals surface area contributed by atoms with Crippen molar-refractivity contribution in [1.29, 1.82) is 0 Å². The van der Waals surface area contributed by atoms with Gasteiger partial charge in [-0.1, -0.05) is 113 Å². The molecule has 0 saturated carbocycles. The number of carboxylic acids is 1. The van der Waals surface area contributed by atoms with E-state index in [9.17, 15) is 19.8 Å². The normalized spacial score (nSPS) is 12.2. The molecule has 6 heteroatoms. The van der Waals surface area contributed by atoms with Crippen LogP contribution in [0, 0.1) is 0 Å². The molecule has 0 heterocycles. The number of hydrogen-bond acceptors (Lipinski definition) is 4. The number of phenols is 1. The molecule has 1 aromatic carbocycles. The molecule has 0 spiro atoms. The number of carbonyl (C=O) groups excluding carboxylic acids is 1. The van der Waals surface area contributed by atoms with Gasteiger partial charge in [-0.15, -0.1) is 0 Å². The molecule has 5 N–H and O–H groups in total. The average Bonchev–Trinajstić information content (AvgIpc) is 2.94. The van der Waals surface area contributed by atoms with Gasteiger partial charge in [0.25, 0.3) is 0 Å². The Hall–Kier alpha value is -3.64. The smallest absolute Gasteiger partial charge is 0.328 e. The van der Waals surface area contributed by atoms with E-state index in [0.717, 1.165) is 55.7 Å². The summed E-state index contributed by atoms with van der Waals surface area (Å²) in [5.74, 6) is -1.08. The van der Waals surface area contributed by atoms with Crippen LogP contribution < -0.4 is 5.73 Å². The highest BCUT2D eigenvalue weighted by molar-refractivity contribution is 5.86. The molecule has 43 heavy (non-hydrogen) atoms. The van der Waals surface area contributed by atoms with E-state index in [0.29, 0.717) is 23.1 Å². The summed E-state index contributed by atoms with van der Waals surface area (Å²) in [6.07, 6.45) is 27.6. The molecule has 0 radical (unpaired) electrons. The Morgan fingerprint density at radius 1 is 0.837 bits per heavy atom. The van der Waals surface area contributed by atoms with Gasteiger partial charge in [-0.2, -0.15) is 0 Å². The lowest BCUT2D eigenvalue weighted by Crippen LogP contribution is -2.09. The number of primary amides is 1. The summed E-state index contributed by atoms with van der Waals surface area (Å²) in [5, 5.41) is 28.9. The molecule has 1 aromatic rings. The van der Waals surface area contributed by atoms with Crippen molar-refractivity contribution in [3.8, 4) is 5.75 Å². The fraction of sp³-hybridized carbons (Fsp3) is 0.459. The molecule has 1 atom stereocenters. The molecule has 1 amide bonds. The molecule has 0 aromatic heterocycles. The lowest BCUT2D eigenvalue weighted by Gasteiger charge is -2.07. The van der Waals surface area contributed by atoms with Gasteiger partial charge in [0.1, 0.15) is 5.75 Å². The van der Waals surface area contributed by atoms with Crippen molar-refractivity contribution in [1.82, 2.24) is 0 Å². The molecule has 0 saturated heterocycles. The van der Waals surface area contributed by atoms with Crippen molar-refractivity contribution >= 4 is 30.1 Å². The van der Waals surface area contributed by atoms with Crippen molar-refractivity contribution in [2.75, 3.05) is 0 Å². The Labute approximate surface area is 260 Å². The van der Waals surface area contributed by atoms with Gasteiger partial charge in [0.2, 0.25) is 5.91 Å². The minimum atomic E-state index is -1.02. The number of nitrogens with two attached hydrogens (primary N) is 1. The number of phenolic OH excluding ortho intramolecular Hbond substituents is 1. The van der Waals surface area contributed by atoms with Gasteiger partial charge in [-0.25, -0.2) is 4.79 Å². The SMILES string of the molecule is C=C(C)C=Cc1cc(C=CC(=O)O)cc(C=CC(=C)C)c1O.CCCCCC[C@@H](O)C/C=C\CCCCCCCC(N)=O. The second-order valence-electron chi connectivity index (χ2n) is 11.1. The van der Waals surface area contributed by atoms with Gasteiger partial charge in [0, 0.05) is 23.6 Å². The fourth-order valence-electron chi connectivity index (χ4n) is 4.07. The number of allylic oxidation sites excluding steroid dienone is 5. The average molecular weight is 594 g/mol. The lowest BCUT2D eigenvalue weighted by atomic mass is 10.0. The van der Waals surface area contributed by atoms with Crippen LogP contribution in [0.25, 0.3) is 18.2 Å². The van der Waals surface area contributed by atoms with Crippen molar-refractivity contribution < 1.29 is 24.9 Å². The number of aliphatic hydroxyl groups is 1. The van der Waals surface area contributed by atoms with Crippen LogP contribution in [-0.2, 0) is 9.59 Å². The Morgan fingerprint density at radius 3 is 1.93 bits per heavy atom. The van der Waals surface area contributed by atoms with Crippen molar-refractivity contribution in [2.24, 2.45) is 5.73 Å². The highest BCUT2D eigenvalue weighted by Crippen LogP contribution is 2.28. The maximum absolute atomic E-state index is 10.7. The van der Waals surface area contributed by atoms with Gasteiger partial charge >= 0.3 is 5.97 Å². The van der Waals surface area contributed by atoms with Crippen LogP contribution in [0.1, 0.15) is 121 Å². The third kappa shape index (κ3) is 23.6. The Balaban J connectivity index is 0.000000822. The number of rotatable bonds is 21. The number of aromatic hydroxyl groups is 1. The quantitative estimate of drug-likeness (QED) is 0.0490. The monoisotopic (exact) mass is 593 g/mol. The first kappa shape index (κ1) is 39.4. The van der Waals surface area contributed by atoms with Crippen molar-refractivity contribution in [3.63, 3.8) is 0 Å². The summed E-state index contributed by atoms with van der Waals surface area (Å²) in [4.78, 5) is 21.2. The maximum Gasteiger partial charge on any atom is 0.328 e. The van der Waals surface area contributed by atoms with E-state index in [-0.39, 0.29) is 17.8 Å². The first-order valence-corrected chi connectivity index (χ1v) is 15.5. The number of carbonyl (C=O) groups is 2. The first-order chi connectivity index (χ1) is 20.5. The number of unbranched alkanes of at least 4 members (excludes halogenated alkanes) is 8. The standard InChI is InChI=1S/C19H20O3.C18H35NO2/c1-13(2)5-8-16-11-15(7-10-18(20)21)12-17(19(16)22)9-6-14(3)4;1-2-3-4-11-14-17(20)15-12-9-7-5-6-8-10-13-16-18(19)21/h5-12,22H,1,3H2,2,4H3,(H,20,21);9,12,17,20H,2-8,10-11,13-16H2,1H3,(H2,19,21)/b;12-9-/t;17-/m.1/s1. The predicted octanol–water partition coefficient (Wildman–Crippen LogP) is 9.15. The first-order valence-electron chi connectivity index (χ1n) is 15.5. The van der Waals surface area contributed by atoms with Gasteiger partial charge in [0.05, 0.1) is 6.10 Å². The molecule has 6 nitrogen and oxygen atoms in total. The second kappa shape index (κ2) is 24.9. The third-order valence-electron chi connectivity index (χ3n) is 6.46. The van der Waals surface area contributed by atoms with Gasteiger partial charge in [-0.05, 0) is 69.7 Å². The van der Waals surface area contributed by atoms with E-state index < -0.39 is 5.97 Å². The lowest BCUT2D eigenvalue weighted by molar-refractivity contribution is -0.131. The highest BCUT2D eigenvalue weighted by Gasteiger charge is 2.06. The molecule has 0 bridgehead atoms. The maximum atomic E-state index is 10.7. The van der Waals surface area contributed by atoms with Crippen LogP contribution in [0.4, 0.5) is 0 Å². The van der Waals surface area contributed by atoms with Crippen LogP contribution in [0.2, 0.25) is 0 Å². The van der Waals surface area contributed by atoms with Gasteiger partial charge < -0.3 is 21.1 Å². The third-order valence-corrected chi connectivity index (χ3v) is 6.46. The molecule has 0 fully saturated rings. The summed E-state index contributed by atoms with van der Waals surface area (Å²) in [5.41, 5.74) is 8.66. The number of hydrogen-bond donors (Lipinski definition) is 4. The highest BCUT2D eigenvalue weighted by atomic mass is 16.4. The van der Waals surface area contributed by atoms with E-state index in [4.69, 9.17) is 10.8 Å². The predicted molar refractivity (Wildman–Crippen MR) is 183 cm³/mol. The molecule has 0 aliphatic heterocycles. The minimum absolute atomic E-state index is 0.127. The Morgan fingerprint density at radius 2 is 1.40 bits per heavy atom. The molecule has 1 rings (SSSR count). The Kier molecular flexibility index (Phi) is 22.8. The zero-order chi connectivity index (χ0) is 32.5. The molecule has 0 unspecified atom stereocenters. The molecule has 0 aliphatic rings. The number of aliphatic carboxylic acids is 1. The summed E-state index contributed by atoms with van der Waals surface area (Å²) in [7, 11) is 0. The van der Waals surface area contributed by atoms with Crippen LogP contribution >= 0.6 is 0 Å². The van der Waals surface area contributed by atoms with Gasteiger partial charge in [0.15, 0.2) is 0 Å². The zero-order valence-corrected chi connectivity index (χ0v) is 26.7. The van der Waals surface area contributed by atoms with Crippen LogP contribution in [0.5, 0.6) is 5.75 Å². The molecule has 238 valence electrons. The second-order valence-corrected chi connectivity index (χ2v) is 11.1. The number of amides is 1. The summed E-state index contributed by atoms with van der Waals surface area (Å²) < 4.78 is 0. The summed E-state index contributed by atoms with van der Waals surface area (Å²) in [6.45, 7) is 13.5. The number of benzene rings is 1. The largest absolute Gasteiger partial charge is 0.507 e. The van der Waals surface area contributed by atoms with E-state index in [1.807, 2.05) is 13.8 Å². The zero-order valence-electron chi connectivity index (χ0n) is 26.7. The van der Waals surface area contributed by atoms with E-state index in [2.05, 4.69) is 32.2 Å². The molecule has 0 aliphatic carbocycles. The fourth-order valence-corrected chi connectivity index (χ4v) is 4.07. The van der Waals surface area contributed by atoms with E-state index in [1.54, 1.807) is 36.4 Å². The van der Waals surface area contributed by atoms with Crippen molar-refractivity contribution in [2.45, 2.75) is 110 Å². The molecular formula is C37H55NO5. The van der Waals surface area contributed by atoms with Crippen LogP contribution in [-0.4, -0.2) is 33.3 Å². The van der Waals surface area contributed by atoms with E-state index in [1.165, 1.54) is 44.6 Å². The van der Waals surface area contributed by atoms with E-state index >= 15 is 0 Å². The summed E-state index contributed by atoms with van der Waals surface area (Å²) in [6, 6.07) is 3.43. The topological polar surface area (TPSA) is 121 Å².